The van der Waals surface area contributed by atoms with E-state index in [0.717, 1.165) is 18.5 Å². The van der Waals surface area contributed by atoms with Crippen molar-refractivity contribution in [3.8, 4) is 0 Å². The van der Waals surface area contributed by atoms with Gasteiger partial charge >= 0.3 is 0 Å². The topological polar surface area (TPSA) is 15.3 Å². The van der Waals surface area contributed by atoms with Crippen LogP contribution in [0.25, 0.3) is 0 Å². The van der Waals surface area contributed by atoms with E-state index in [9.17, 15) is 0 Å². The van der Waals surface area contributed by atoms with Crippen LogP contribution in [0.15, 0.2) is 30.3 Å². The summed E-state index contributed by atoms with van der Waals surface area (Å²) in [5.41, 5.74) is 5.06. The minimum Gasteiger partial charge on any atom is -0.251 e. The van der Waals surface area contributed by atoms with Crippen LogP contribution >= 0.6 is 0 Å². The maximum Gasteiger partial charge on any atom is 0.0353 e. The van der Waals surface area contributed by atoms with E-state index in [2.05, 4.69) is 40.8 Å². The number of hydrogen-bond donors (Lipinski definition) is 1. The number of fused-ring (bicyclic) bond motifs is 1. The molecule has 2 aliphatic rings. The van der Waals surface area contributed by atoms with Crippen LogP contribution in [0.3, 0.4) is 0 Å². The first kappa shape index (κ1) is 12.2. The lowest BCUT2D eigenvalue weighted by atomic mass is 9.79. The standard InChI is InChI=1S/C16H24N2/c1-2-7-14(8-3-1)13-17-18-12-6-10-15-9-4-5-11-16(15)18/h1-3,7-8,15-17H,4-6,9-13H2/t15-,16+/m0/s1. The molecule has 0 bridgehead atoms. The summed E-state index contributed by atoms with van der Waals surface area (Å²) in [6.45, 7) is 2.21. The molecule has 1 aliphatic carbocycles. The maximum absolute atomic E-state index is 3.67. The number of piperidine rings is 1. The van der Waals surface area contributed by atoms with Gasteiger partial charge in [0.15, 0.2) is 0 Å². The third-order valence-corrected chi connectivity index (χ3v) is 4.57. The van der Waals surface area contributed by atoms with Crippen molar-refractivity contribution in [3.05, 3.63) is 35.9 Å². The summed E-state index contributed by atoms with van der Waals surface area (Å²) >= 11 is 0. The van der Waals surface area contributed by atoms with Crippen LogP contribution in [0, 0.1) is 5.92 Å². The Hall–Kier alpha value is -0.860. The molecule has 1 saturated heterocycles. The fraction of sp³-hybridized carbons (Fsp3) is 0.625. The minimum atomic E-state index is 0.802. The van der Waals surface area contributed by atoms with Crippen molar-refractivity contribution in [2.45, 2.75) is 51.1 Å². The van der Waals surface area contributed by atoms with Gasteiger partial charge in [0.25, 0.3) is 0 Å². The zero-order chi connectivity index (χ0) is 12.2. The Balaban J connectivity index is 1.58. The van der Waals surface area contributed by atoms with E-state index >= 15 is 0 Å². The van der Waals surface area contributed by atoms with Crippen molar-refractivity contribution >= 4 is 0 Å². The summed E-state index contributed by atoms with van der Waals surface area (Å²) in [6, 6.07) is 11.5. The highest BCUT2D eigenvalue weighted by molar-refractivity contribution is 5.14. The van der Waals surface area contributed by atoms with Crippen molar-refractivity contribution in [3.63, 3.8) is 0 Å². The van der Waals surface area contributed by atoms with Gasteiger partial charge in [-0.1, -0.05) is 43.2 Å². The van der Waals surface area contributed by atoms with Gasteiger partial charge in [0.2, 0.25) is 0 Å². The van der Waals surface area contributed by atoms with Gasteiger partial charge in [-0.25, -0.2) is 5.01 Å². The molecule has 0 amide bonds. The largest absolute Gasteiger partial charge is 0.251 e. The number of benzene rings is 1. The third kappa shape index (κ3) is 2.76. The molecule has 2 atom stereocenters. The Morgan fingerprint density at radius 1 is 1.00 bits per heavy atom. The van der Waals surface area contributed by atoms with Crippen molar-refractivity contribution in [2.24, 2.45) is 5.92 Å². The first-order valence-electron chi connectivity index (χ1n) is 7.47. The minimum absolute atomic E-state index is 0.802. The highest BCUT2D eigenvalue weighted by atomic mass is 15.5. The van der Waals surface area contributed by atoms with Crippen molar-refractivity contribution < 1.29 is 0 Å². The maximum atomic E-state index is 3.67. The fourth-order valence-corrected chi connectivity index (χ4v) is 3.61. The highest BCUT2D eigenvalue weighted by Gasteiger charge is 2.32. The van der Waals surface area contributed by atoms with E-state index in [1.165, 1.54) is 50.6 Å². The molecule has 2 fully saturated rings. The lowest BCUT2D eigenvalue weighted by Crippen LogP contribution is -2.53. The molecular weight excluding hydrogens is 220 g/mol. The Morgan fingerprint density at radius 2 is 1.78 bits per heavy atom. The molecule has 0 unspecified atom stereocenters. The predicted octanol–water partition coefficient (Wildman–Crippen LogP) is 3.35. The molecule has 3 rings (SSSR count). The van der Waals surface area contributed by atoms with Gasteiger partial charge in [-0.3, -0.25) is 5.43 Å². The van der Waals surface area contributed by atoms with E-state index in [-0.39, 0.29) is 0 Å². The number of hydrazine groups is 1. The number of hydrogen-bond acceptors (Lipinski definition) is 2. The van der Waals surface area contributed by atoms with E-state index in [1.54, 1.807) is 0 Å². The van der Waals surface area contributed by atoms with Gasteiger partial charge in [-0.15, -0.1) is 0 Å². The normalized spacial score (nSPS) is 28.9. The van der Waals surface area contributed by atoms with Crippen LogP contribution in [0.2, 0.25) is 0 Å². The van der Waals surface area contributed by atoms with Crippen molar-refractivity contribution in [2.75, 3.05) is 6.54 Å². The second kappa shape index (κ2) is 5.85. The van der Waals surface area contributed by atoms with Crippen molar-refractivity contribution in [1.29, 1.82) is 0 Å². The average molecular weight is 244 g/mol. The second-order valence-electron chi connectivity index (χ2n) is 5.77. The Morgan fingerprint density at radius 3 is 2.67 bits per heavy atom. The van der Waals surface area contributed by atoms with Crippen LogP contribution in [-0.2, 0) is 6.54 Å². The lowest BCUT2D eigenvalue weighted by molar-refractivity contribution is 0.0164. The van der Waals surface area contributed by atoms with Gasteiger partial charge in [0.1, 0.15) is 0 Å². The summed E-state index contributed by atoms with van der Waals surface area (Å²) in [6.07, 6.45) is 8.54. The first-order valence-corrected chi connectivity index (χ1v) is 7.47. The van der Waals surface area contributed by atoms with Gasteiger partial charge < -0.3 is 0 Å². The average Bonchev–Trinajstić information content (AvgIpc) is 2.46. The van der Waals surface area contributed by atoms with Crippen LogP contribution in [0.5, 0.6) is 0 Å². The second-order valence-corrected chi connectivity index (χ2v) is 5.77. The number of nitrogens with one attached hydrogen (secondary N) is 1. The smallest absolute Gasteiger partial charge is 0.0353 e. The summed E-state index contributed by atoms with van der Waals surface area (Å²) in [5.74, 6) is 0.954. The van der Waals surface area contributed by atoms with E-state index < -0.39 is 0 Å². The molecular formula is C16H24N2. The molecule has 2 nitrogen and oxygen atoms in total. The Kier molecular flexibility index (Phi) is 3.96. The Bertz CT molecular complexity index is 361. The molecule has 1 saturated carbocycles. The monoisotopic (exact) mass is 244 g/mol. The van der Waals surface area contributed by atoms with Crippen LogP contribution < -0.4 is 5.43 Å². The predicted molar refractivity (Wildman–Crippen MR) is 75.0 cm³/mol. The SMILES string of the molecule is c1ccc(CNN2CCC[C@@H]3CCCC[C@H]32)cc1. The third-order valence-electron chi connectivity index (χ3n) is 4.57. The molecule has 2 heteroatoms. The highest BCUT2D eigenvalue weighted by Crippen LogP contribution is 2.34. The molecule has 1 aliphatic heterocycles. The van der Waals surface area contributed by atoms with E-state index in [4.69, 9.17) is 0 Å². The number of rotatable bonds is 3. The van der Waals surface area contributed by atoms with Crippen LogP contribution in [0.4, 0.5) is 0 Å². The molecule has 98 valence electrons. The Labute approximate surface area is 110 Å². The van der Waals surface area contributed by atoms with E-state index in [1.807, 2.05) is 0 Å². The van der Waals surface area contributed by atoms with Gasteiger partial charge in [0.05, 0.1) is 0 Å². The molecule has 0 radical (unpaired) electrons. The molecule has 18 heavy (non-hydrogen) atoms. The molecule has 0 aromatic heterocycles. The fourth-order valence-electron chi connectivity index (χ4n) is 3.61. The zero-order valence-corrected chi connectivity index (χ0v) is 11.1. The molecule has 1 heterocycles. The molecule has 0 spiro atoms. The quantitative estimate of drug-likeness (QED) is 0.877. The number of nitrogens with zero attached hydrogens (tertiary/aromatic N) is 1. The van der Waals surface area contributed by atoms with Crippen molar-refractivity contribution in [1.82, 2.24) is 10.4 Å². The van der Waals surface area contributed by atoms with Gasteiger partial charge in [-0.05, 0) is 37.2 Å². The summed E-state index contributed by atoms with van der Waals surface area (Å²) < 4.78 is 0. The summed E-state index contributed by atoms with van der Waals surface area (Å²) in [7, 11) is 0. The van der Waals surface area contributed by atoms with Crippen LogP contribution in [0.1, 0.15) is 44.1 Å². The summed E-state index contributed by atoms with van der Waals surface area (Å²) in [5, 5.41) is 2.54. The molecule has 1 N–H and O–H groups in total. The van der Waals surface area contributed by atoms with Gasteiger partial charge in [-0.2, -0.15) is 0 Å². The molecule has 1 aromatic carbocycles. The van der Waals surface area contributed by atoms with Crippen LogP contribution in [-0.4, -0.2) is 17.6 Å². The van der Waals surface area contributed by atoms with Gasteiger partial charge in [0, 0.05) is 19.1 Å². The molecule has 1 aromatic rings. The summed E-state index contributed by atoms with van der Waals surface area (Å²) in [4.78, 5) is 0. The lowest BCUT2D eigenvalue weighted by Gasteiger charge is -2.44. The van der Waals surface area contributed by atoms with E-state index in [0.29, 0.717) is 0 Å². The zero-order valence-electron chi connectivity index (χ0n) is 11.1. The first-order chi connectivity index (χ1) is 8.93.